The van der Waals surface area contributed by atoms with Crippen molar-refractivity contribution < 1.29 is 23.2 Å². The zero-order chi connectivity index (χ0) is 21.8. The maximum absolute atomic E-state index is 11.5. The molecule has 0 spiro atoms. The van der Waals surface area contributed by atoms with Crippen LogP contribution in [0, 0.1) is 0 Å². The molecule has 9 heteroatoms. The van der Waals surface area contributed by atoms with Crippen LogP contribution in [0.3, 0.4) is 0 Å². The number of imidazole rings is 1. The van der Waals surface area contributed by atoms with Gasteiger partial charge >= 0.3 is 0 Å². The van der Waals surface area contributed by atoms with Gasteiger partial charge in [-0.1, -0.05) is 48.5 Å². The van der Waals surface area contributed by atoms with Crippen molar-refractivity contribution in [1.29, 1.82) is 0 Å². The van der Waals surface area contributed by atoms with Gasteiger partial charge in [0.2, 0.25) is 0 Å². The van der Waals surface area contributed by atoms with Crippen molar-refractivity contribution in [1.82, 2.24) is 9.97 Å². The SMILES string of the molecule is Cl.O=S(=O)(O)c1cc(O)c2c(ccc3[nH]c(-c4cccc(-c5ccccc5)c4O)nc32)c1. The molecule has 5 aromatic rings. The summed E-state index contributed by atoms with van der Waals surface area (Å²) in [5.74, 6) is 0.141. The first kappa shape index (κ1) is 21.6. The van der Waals surface area contributed by atoms with Crippen molar-refractivity contribution in [2.75, 3.05) is 0 Å². The van der Waals surface area contributed by atoms with Crippen LogP contribution in [0.2, 0.25) is 0 Å². The molecule has 0 unspecified atom stereocenters. The molecule has 0 aliphatic carbocycles. The van der Waals surface area contributed by atoms with Gasteiger partial charge in [-0.15, -0.1) is 12.4 Å². The Kier molecular flexibility index (Phi) is 5.29. The molecule has 1 aromatic heterocycles. The van der Waals surface area contributed by atoms with Crippen molar-refractivity contribution in [2.24, 2.45) is 0 Å². The van der Waals surface area contributed by atoms with Crippen LogP contribution in [0.1, 0.15) is 0 Å². The third-order valence-corrected chi connectivity index (χ3v) is 6.02. The van der Waals surface area contributed by atoms with Gasteiger partial charge in [0.25, 0.3) is 10.1 Å². The first-order valence-corrected chi connectivity index (χ1v) is 10.8. The summed E-state index contributed by atoms with van der Waals surface area (Å²) in [5.41, 5.74) is 3.01. The van der Waals surface area contributed by atoms with E-state index in [9.17, 15) is 23.2 Å². The highest BCUT2D eigenvalue weighted by atomic mass is 35.5. The van der Waals surface area contributed by atoms with E-state index in [-0.39, 0.29) is 23.9 Å². The number of H-pyrrole nitrogens is 1. The first-order chi connectivity index (χ1) is 14.8. The Morgan fingerprint density at radius 3 is 2.28 bits per heavy atom. The normalized spacial score (nSPS) is 11.5. The first-order valence-electron chi connectivity index (χ1n) is 9.33. The van der Waals surface area contributed by atoms with Crippen molar-refractivity contribution in [3.8, 4) is 34.0 Å². The second-order valence-electron chi connectivity index (χ2n) is 7.13. The average Bonchev–Trinajstić information content (AvgIpc) is 3.17. The molecule has 0 bridgehead atoms. The number of aromatic hydroxyl groups is 2. The van der Waals surface area contributed by atoms with Crippen molar-refractivity contribution >= 4 is 44.3 Å². The predicted molar refractivity (Wildman–Crippen MR) is 125 cm³/mol. The number of hydrogen-bond donors (Lipinski definition) is 4. The van der Waals surface area contributed by atoms with E-state index in [2.05, 4.69) is 9.97 Å². The molecule has 32 heavy (non-hydrogen) atoms. The number of benzene rings is 4. The molecule has 4 N–H and O–H groups in total. The van der Waals surface area contributed by atoms with E-state index in [1.807, 2.05) is 42.5 Å². The number of nitrogens with one attached hydrogen (secondary N) is 1. The molecule has 7 nitrogen and oxygen atoms in total. The number of halogens is 1. The molecule has 0 atom stereocenters. The number of hydrogen-bond acceptors (Lipinski definition) is 5. The molecule has 1 heterocycles. The number of aromatic amines is 1. The van der Waals surface area contributed by atoms with E-state index < -0.39 is 15.0 Å². The van der Waals surface area contributed by atoms with E-state index in [0.717, 1.165) is 11.6 Å². The topological polar surface area (TPSA) is 124 Å². The van der Waals surface area contributed by atoms with E-state index in [1.165, 1.54) is 6.07 Å². The number of fused-ring (bicyclic) bond motifs is 3. The summed E-state index contributed by atoms with van der Waals surface area (Å²) < 4.78 is 32.2. The van der Waals surface area contributed by atoms with Crippen molar-refractivity contribution in [3.05, 3.63) is 72.8 Å². The summed E-state index contributed by atoms with van der Waals surface area (Å²) in [6.07, 6.45) is 0. The fourth-order valence-electron chi connectivity index (χ4n) is 3.74. The molecule has 0 radical (unpaired) electrons. The van der Waals surface area contributed by atoms with Gasteiger partial charge in [-0.25, -0.2) is 4.98 Å². The molecule has 162 valence electrons. The Labute approximate surface area is 189 Å². The Hall–Kier alpha value is -3.59. The van der Waals surface area contributed by atoms with Gasteiger partial charge in [0.05, 0.1) is 21.4 Å². The molecule has 0 fully saturated rings. The third-order valence-electron chi connectivity index (χ3n) is 5.19. The number of phenolic OH excluding ortho intramolecular Hbond substituents is 2. The van der Waals surface area contributed by atoms with Crippen LogP contribution in [0.5, 0.6) is 11.5 Å². The van der Waals surface area contributed by atoms with Crippen LogP contribution < -0.4 is 0 Å². The Balaban J connectivity index is 0.00000245. The highest BCUT2D eigenvalue weighted by Gasteiger charge is 2.18. The monoisotopic (exact) mass is 468 g/mol. The van der Waals surface area contributed by atoms with E-state index in [0.29, 0.717) is 38.8 Å². The van der Waals surface area contributed by atoms with Gasteiger partial charge in [-0.2, -0.15) is 8.42 Å². The molecule has 0 aliphatic heterocycles. The van der Waals surface area contributed by atoms with Gasteiger partial charge in [0.15, 0.2) is 0 Å². The fourth-order valence-corrected chi connectivity index (χ4v) is 4.28. The van der Waals surface area contributed by atoms with E-state index in [1.54, 1.807) is 18.2 Å². The molecular weight excluding hydrogens is 452 g/mol. The Bertz CT molecular complexity index is 1580. The average molecular weight is 469 g/mol. The number of phenols is 2. The van der Waals surface area contributed by atoms with Crippen LogP contribution in [0.4, 0.5) is 0 Å². The van der Waals surface area contributed by atoms with Crippen molar-refractivity contribution in [3.63, 3.8) is 0 Å². The summed E-state index contributed by atoms with van der Waals surface area (Å²) in [6.45, 7) is 0. The van der Waals surface area contributed by atoms with Crippen LogP contribution >= 0.6 is 12.4 Å². The minimum absolute atomic E-state index is 0. The molecule has 0 saturated carbocycles. The standard InChI is InChI=1S/C23H16N2O5S.ClH/c26-19-12-15(31(28,29)30)11-14-9-10-18-21(20(14)19)25-23(24-18)17-8-4-7-16(22(17)27)13-5-2-1-3-6-13;/h1-12,26-27H,(H,24,25)(H,28,29,30);1H. The molecule has 0 aliphatic rings. The van der Waals surface area contributed by atoms with Gasteiger partial charge in [-0.05, 0) is 29.1 Å². The third kappa shape index (κ3) is 3.54. The zero-order valence-electron chi connectivity index (χ0n) is 16.4. The Morgan fingerprint density at radius 1 is 0.844 bits per heavy atom. The largest absolute Gasteiger partial charge is 0.507 e. The molecule has 4 aromatic carbocycles. The predicted octanol–water partition coefficient (Wildman–Crippen LogP) is 5.13. The maximum atomic E-state index is 11.5. The maximum Gasteiger partial charge on any atom is 0.294 e. The molecule has 5 rings (SSSR count). The smallest absolute Gasteiger partial charge is 0.294 e. The second kappa shape index (κ2) is 7.83. The quantitative estimate of drug-likeness (QED) is 0.272. The molecular formula is C23H17ClN2O5S. The van der Waals surface area contributed by atoms with E-state index in [4.69, 9.17) is 0 Å². The lowest BCUT2D eigenvalue weighted by atomic mass is 10.0. The second-order valence-corrected chi connectivity index (χ2v) is 8.55. The van der Waals surface area contributed by atoms with Gasteiger partial charge in [0, 0.05) is 11.6 Å². The minimum Gasteiger partial charge on any atom is -0.507 e. The summed E-state index contributed by atoms with van der Waals surface area (Å²) in [5, 5.41) is 22.1. The summed E-state index contributed by atoms with van der Waals surface area (Å²) in [7, 11) is -4.47. The van der Waals surface area contributed by atoms with Crippen LogP contribution in [-0.2, 0) is 10.1 Å². The Morgan fingerprint density at radius 2 is 1.56 bits per heavy atom. The highest BCUT2D eigenvalue weighted by Crippen LogP contribution is 2.39. The molecule has 0 saturated heterocycles. The lowest BCUT2D eigenvalue weighted by molar-refractivity contribution is 0.471. The van der Waals surface area contributed by atoms with Crippen LogP contribution in [0.15, 0.2) is 77.7 Å². The minimum atomic E-state index is -4.47. The lowest BCUT2D eigenvalue weighted by Crippen LogP contribution is -1.97. The molecule has 0 amide bonds. The summed E-state index contributed by atoms with van der Waals surface area (Å²) in [6, 6.07) is 20.4. The summed E-state index contributed by atoms with van der Waals surface area (Å²) >= 11 is 0. The number of nitrogens with zero attached hydrogens (tertiary/aromatic N) is 1. The number of para-hydroxylation sites is 1. The number of aromatic nitrogens is 2. The van der Waals surface area contributed by atoms with Gasteiger partial charge in [-0.3, -0.25) is 4.55 Å². The van der Waals surface area contributed by atoms with Crippen molar-refractivity contribution in [2.45, 2.75) is 4.90 Å². The van der Waals surface area contributed by atoms with Crippen LogP contribution in [0.25, 0.3) is 44.3 Å². The number of rotatable bonds is 3. The van der Waals surface area contributed by atoms with Gasteiger partial charge in [0.1, 0.15) is 22.8 Å². The fraction of sp³-hybridized carbons (Fsp3) is 0. The summed E-state index contributed by atoms with van der Waals surface area (Å²) in [4.78, 5) is 7.32. The van der Waals surface area contributed by atoms with E-state index >= 15 is 0 Å². The lowest BCUT2D eigenvalue weighted by Gasteiger charge is -2.08. The van der Waals surface area contributed by atoms with Gasteiger partial charge < -0.3 is 15.2 Å². The zero-order valence-corrected chi connectivity index (χ0v) is 18.0. The highest BCUT2D eigenvalue weighted by molar-refractivity contribution is 7.85. The van der Waals surface area contributed by atoms with Crippen LogP contribution in [-0.4, -0.2) is 33.2 Å².